The Morgan fingerprint density at radius 3 is 2.53 bits per heavy atom. The van der Waals surface area contributed by atoms with Gasteiger partial charge in [0.2, 0.25) is 0 Å². The third kappa shape index (κ3) is 4.52. The molecule has 1 aliphatic rings. The van der Waals surface area contributed by atoms with Crippen LogP contribution in [0.5, 0.6) is 0 Å². The molecule has 0 aliphatic carbocycles. The van der Waals surface area contributed by atoms with E-state index < -0.39 is 4.92 Å². The fourth-order valence-electron chi connectivity index (χ4n) is 3.95. The number of nitro groups is 1. The van der Waals surface area contributed by atoms with E-state index in [1.165, 1.54) is 12.1 Å². The van der Waals surface area contributed by atoms with Crippen LogP contribution < -0.4 is 0 Å². The van der Waals surface area contributed by atoms with Crippen LogP contribution in [0.25, 0.3) is 0 Å². The van der Waals surface area contributed by atoms with Gasteiger partial charge in [0.15, 0.2) is 11.0 Å². The van der Waals surface area contributed by atoms with Crippen molar-refractivity contribution in [1.82, 2.24) is 19.7 Å². The van der Waals surface area contributed by atoms with Gasteiger partial charge >= 0.3 is 0 Å². The van der Waals surface area contributed by atoms with E-state index in [4.69, 9.17) is 0 Å². The summed E-state index contributed by atoms with van der Waals surface area (Å²) in [7, 11) is 0. The van der Waals surface area contributed by atoms with Crippen LogP contribution in [0.3, 0.4) is 0 Å². The summed E-state index contributed by atoms with van der Waals surface area (Å²) < 4.78 is 2.07. The predicted molar refractivity (Wildman–Crippen MR) is 123 cm³/mol. The molecule has 2 aromatic carbocycles. The van der Waals surface area contributed by atoms with Gasteiger partial charge in [-0.1, -0.05) is 41.6 Å². The van der Waals surface area contributed by atoms with Crippen molar-refractivity contribution in [2.24, 2.45) is 0 Å². The fraction of sp³-hybridized carbons (Fsp3) is 0.348. The van der Waals surface area contributed by atoms with E-state index in [2.05, 4.69) is 14.8 Å². The zero-order chi connectivity index (χ0) is 22.7. The number of nitro benzene ring substituents is 1. The van der Waals surface area contributed by atoms with E-state index in [1.54, 1.807) is 23.9 Å². The summed E-state index contributed by atoms with van der Waals surface area (Å²) in [6.45, 7) is 5.46. The number of aryl methyl sites for hydroxylation is 1. The molecule has 1 fully saturated rings. The summed E-state index contributed by atoms with van der Waals surface area (Å²) in [6.07, 6.45) is 1.80. The molecule has 3 aromatic rings. The Morgan fingerprint density at radius 2 is 1.88 bits per heavy atom. The van der Waals surface area contributed by atoms with Gasteiger partial charge in [-0.2, -0.15) is 0 Å². The summed E-state index contributed by atoms with van der Waals surface area (Å²) >= 11 is 1.54. The molecule has 0 saturated carbocycles. The molecule has 0 radical (unpaired) electrons. The van der Waals surface area contributed by atoms with Crippen molar-refractivity contribution in [3.63, 3.8) is 0 Å². The number of carbonyl (C=O) groups excluding carboxylic acids is 1. The lowest BCUT2D eigenvalue weighted by molar-refractivity contribution is -0.384. The second-order valence-electron chi connectivity index (χ2n) is 7.82. The first kappa shape index (κ1) is 22.0. The van der Waals surface area contributed by atoms with Gasteiger partial charge in [-0.15, -0.1) is 10.2 Å². The highest BCUT2D eigenvalue weighted by Crippen LogP contribution is 2.34. The van der Waals surface area contributed by atoms with E-state index in [0.29, 0.717) is 24.4 Å². The minimum atomic E-state index is -0.401. The molecule has 0 spiro atoms. The van der Waals surface area contributed by atoms with Gasteiger partial charge in [-0.05, 0) is 44.4 Å². The number of rotatable bonds is 7. The molecule has 9 heteroatoms. The molecular weight excluding hydrogens is 426 g/mol. The number of non-ortho nitro benzene ring substituents is 1. The second kappa shape index (κ2) is 9.52. The second-order valence-corrected chi connectivity index (χ2v) is 8.76. The van der Waals surface area contributed by atoms with Crippen molar-refractivity contribution in [2.75, 3.05) is 6.54 Å². The molecule has 1 amide bonds. The van der Waals surface area contributed by atoms with Gasteiger partial charge in [-0.3, -0.25) is 14.9 Å². The lowest BCUT2D eigenvalue weighted by atomic mass is 10.1. The van der Waals surface area contributed by atoms with Gasteiger partial charge in [0, 0.05) is 36.5 Å². The predicted octanol–water partition coefficient (Wildman–Crippen LogP) is 4.78. The average molecular weight is 452 g/mol. The summed E-state index contributed by atoms with van der Waals surface area (Å²) in [5.41, 5.74) is 2.87. The maximum atomic E-state index is 13.1. The van der Waals surface area contributed by atoms with Crippen molar-refractivity contribution < 1.29 is 9.72 Å². The van der Waals surface area contributed by atoms with Crippen molar-refractivity contribution in [2.45, 2.75) is 50.2 Å². The number of amides is 1. The highest BCUT2D eigenvalue weighted by atomic mass is 32.2. The van der Waals surface area contributed by atoms with Crippen molar-refractivity contribution in [1.29, 1.82) is 0 Å². The van der Waals surface area contributed by atoms with E-state index in [9.17, 15) is 14.9 Å². The topological polar surface area (TPSA) is 94.2 Å². The monoisotopic (exact) mass is 451 g/mol. The average Bonchev–Trinajstić information content (AvgIpc) is 3.44. The Bertz CT molecular complexity index is 1110. The van der Waals surface area contributed by atoms with Gasteiger partial charge < -0.3 is 9.47 Å². The molecule has 1 aliphatic heterocycles. The molecule has 1 saturated heterocycles. The van der Waals surface area contributed by atoms with E-state index in [1.807, 2.05) is 43.0 Å². The number of carbonyl (C=O) groups is 1. The van der Waals surface area contributed by atoms with Crippen LogP contribution in [0.1, 0.15) is 53.1 Å². The van der Waals surface area contributed by atoms with Crippen LogP contribution in [0, 0.1) is 17.0 Å². The maximum absolute atomic E-state index is 13.1. The number of nitrogens with zero attached hydrogens (tertiary/aromatic N) is 5. The molecule has 1 unspecified atom stereocenters. The third-order valence-corrected chi connectivity index (χ3v) is 6.72. The molecule has 2 heterocycles. The Morgan fingerprint density at radius 1 is 1.16 bits per heavy atom. The molecule has 32 heavy (non-hydrogen) atoms. The molecule has 1 aromatic heterocycles. The van der Waals surface area contributed by atoms with Crippen LogP contribution in [-0.2, 0) is 12.3 Å². The minimum absolute atomic E-state index is 0.0261. The fourth-order valence-corrected chi connectivity index (χ4v) is 4.92. The van der Waals surface area contributed by atoms with Crippen molar-refractivity contribution >= 4 is 23.4 Å². The van der Waals surface area contributed by atoms with Crippen molar-refractivity contribution in [3.05, 3.63) is 81.2 Å². The molecular formula is C23H25N5O3S. The lowest BCUT2D eigenvalue weighted by Crippen LogP contribution is -2.32. The number of thioether (sulfide) groups is 1. The Labute approximate surface area is 190 Å². The third-order valence-electron chi connectivity index (χ3n) is 5.69. The maximum Gasteiger partial charge on any atom is 0.269 e. The number of hydrogen-bond donors (Lipinski definition) is 0. The number of hydrogen-bond acceptors (Lipinski definition) is 6. The zero-order valence-corrected chi connectivity index (χ0v) is 18.9. The van der Waals surface area contributed by atoms with Gasteiger partial charge in [0.05, 0.1) is 11.0 Å². The molecule has 0 N–H and O–H groups in total. The Kier molecular flexibility index (Phi) is 6.55. The normalized spacial score (nSPS) is 15.8. The molecule has 0 bridgehead atoms. The van der Waals surface area contributed by atoms with E-state index in [-0.39, 0.29) is 17.6 Å². The molecule has 1 atom stereocenters. The van der Waals surface area contributed by atoms with Crippen LogP contribution in [0.2, 0.25) is 0 Å². The van der Waals surface area contributed by atoms with Crippen LogP contribution in [-0.4, -0.2) is 37.0 Å². The standard InChI is InChI=1S/C23H25N5O3S/c1-3-26-21(20-5-4-14-27(20)22(29)18-10-6-16(2)7-11-18)24-25-23(26)32-15-17-8-12-19(13-9-17)28(30)31/h6-13,20H,3-5,14-15H2,1-2H3. The Balaban J connectivity index is 1.50. The smallest absolute Gasteiger partial charge is 0.269 e. The first-order valence-corrected chi connectivity index (χ1v) is 11.6. The summed E-state index contributed by atoms with van der Waals surface area (Å²) in [6, 6.07) is 14.1. The van der Waals surface area contributed by atoms with E-state index >= 15 is 0 Å². The first-order chi connectivity index (χ1) is 15.5. The lowest BCUT2D eigenvalue weighted by Gasteiger charge is -2.24. The molecule has 166 valence electrons. The van der Waals surface area contributed by atoms with Crippen LogP contribution in [0.15, 0.2) is 53.7 Å². The Hall–Kier alpha value is -3.20. The molecule has 8 nitrogen and oxygen atoms in total. The number of benzene rings is 2. The van der Waals surface area contributed by atoms with Gasteiger partial charge in [-0.25, -0.2) is 0 Å². The summed E-state index contributed by atoms with van der Waals surface area (Å²) in [4.78, 5) is 25.5. The largest absolute Gasteiger partial charge is 0.328 e. The SMILES string of the molecule is CCn1c(SCc2ccc([N+](=O)[O-])cc2)nnc1C1CCCN1C(=O)c1ccc(C)cc1. The van der Waals surface area contributed by atoms with Gasteiger partial charge in [0.25, 0.3) is 11.6 Å². The quantitative estimate of drug-likeness (QED) is 0.291. The van der Waals surface area contributed by atoms with Crippen LogP contribution in [0.4, 0.5) is 5.69 Å². The molecule has 4 rings (SSSR count). The zero-order valence-electron chi connectivity index (χ0n) is 18.1. The van der Waals surface area contributed by atoms with Crippen molar-refractivity contribution in [3.8, 4) is 0 Å². The highest BCUT2D eigenvalue weighted by molar-refractivity contribution is 7.98. The summed E-state index contributed by atoms with van der Waals surface area (Å²) in [5.74, 6) is 1.47. The summed E-state index contributed by atoms with van der Waals surface area (Å²) in [5, 5.41) is 20.5. The van der Waals surface area contributed by atoms with Crippen LogP contribution >= 0.6 is 11.8 Å². The first-order valence-electron chi connectivity index (χ1n) is 10.6. The van der Waals surface area contributed by atoms with Gasteiger partial charge in [0.1, 0.15) is 0 Å². The number of likely N-dealkylation sites (tertiary alicyclic amines) is 1. The minimum Gasteiger partial charge on any atom is -0.328 e. The number of aromatic nitrogens is 3. The highest BCUT2D eigenvalue weighted by Gasteiger charge is 2.34. The van der Waals surface area contributed by atoms with E-state index in [0.717, 1.165) is 34.9 Å².